The summed E-state index contributed by atoms with van der Waals surface area (Å²) in [5.74, 6) is 0. The van der Waals surface area contributed by atoms with Gasteiger partial charge in [-0.1, -0.05) is 36.5 Å². The molecule has 1 aromatic rings. The van der Waals surface area contributed by atoms with Crippen molar-refractivity contribution in [1.82, 2.24) is 5.32 Å². The Kier molecular flexibility index (Phi) is 6.11. The maximum Gasteiger partial charge on any atom is 0.407 e. The zero-order chi connectivity index (χ0) is 16.0. The number of carbonyl (C=O) groups excluding carboxylic acids is 1. The first kappa shape index (κ1) is 17.4. The van der Waals surface area contributed by atoms with Gasteiger partial charge in [0.15, 0.2) is 0 Å². The lowest BCUT2D eigenvalue weighted by molar-refractivity contribution is 0.0483. The molecule has 0 saturated heterocycles. The van der Waals surface area contributed by atoms with Gasteiger partial charge in [0.25, 0.3) is 0 Å². The molecule has 0 aliphatic heterocycles. The highest BCUT2D eigenvalue weighted by Gasteiger charge is 2.20. The molecule has 0 spiro atoms. The molecule has 1 aromatic carbocycles. The normalized spacial score (nSPS) is 12.6. The zero-order valence-electron chi connectivity index (χ0n) is 12.6. The number of alkyl carbamates (subject to hydrolysis) is 1. The van der Waals surface area contributed by atoms with Crippen molar-refractivity contribution < 1.29 is 14.6 Å². The monoisotopic (exact) mass is 310 g/mol. The lowest BCUT2D eigenvalue weighted by Gasteiger charge is -2.23. The van der Waals surface area contributed by atoms with Crippen molar-refractivity contribution in [3.05, 3.63) is 35.4 Å². The molecule has 0 fully saturated rings. The van der Waals surface area contributed by atoms with E-state index in [0.717, 1.165) is 11.1 Å². The molecule has 1 amide bonds. The molecule has 1 rings (SSSR count). The van der Waals surface area contributed by atoms with E-state index in [0.29, 0.717) is 11.4 Å². The quantitative estimate of drug-likeness (QED) is 0.722. The van der Waals surface area contributed by atoms with Crippen molar-refractivity contribution in [3.8, 4) is 0 Å². The Morgan fingerprint density at radius 1 is 1.43 bits per heavy atom. The molecule has 0 aliphatic rings. The van der Waals surface area contributed by atoms with Gasteiger partial charge in [0.2, 0.25) is 0 Å². The Morgan fingerprint density at radius 3 is 2.57 bits per heavy atom. The van der Waals surface area contributed by atoms with E-state index in [4.69, 9.17) is 22.7 Å². The van der Waals surface area contributed by atoms with Gasteiger partial charge in [0.1, 0.15) is 10.6 Å². The number of thiocarbonyl (C=S) groups is 1. The number of hydrogen-bond acceptors (Lipinski definition) is 4. The fourth-order valence-electron chi connectivity index (χ4n) is 1.84. The molecule has 0 radical (unpaired) electrons. The predicted octanol–water partition coefficient (Wildman–Crippen LogP) is 1.75. The molecule has 1 atom stereocenters. The molecule has 6 heteroatoms. The summed E-state index contributed by atoms with van der Waals surface area (Å²) in [5.41, 5.74) is 6.71. The largest absolute Gasteiger partial charge is 0.444 e. The summed E-state index contributed by atoms with van der Waals surface area (Å²) < 4.78 is 5.17. The first-order valence-electron chi connectivity index (χ1n) is 6.71. The molecule has 0 saturated carbocycles. The van der Waals surface area contributed by atoms with Gasteiger partial charge < -0.3 is 20.9 Å². The third-order valence-electron chi connectivity index (χ3n) is 2.69. The summed E-state index contributed by atoms with van der Waals surface area (Å²) in [4.78, 5) is 12.0. The number of nitrogens with two attached hydrogens (primary N) is 1. The van der Waals surface area contributed by atoms with Crippen LogP contribution in [0.3, 0.4) is 0 Å². The van der Waals surface area contributed by atoms with E-state index in [1.165, 1.54) is 0 Å². The Hall–Kier alpha value is -1.66. The van der Waals surface area contributed by atoms with Crippen molar-refractivity contribution in [2.45, 2.75) is 38.8 Å². The average molecular weight is 310 g/mol. The van der Waals surface area contributed by atoms with Crippen LogP contribution < -0.4 is 11.1 Å². The van der Waals surface area contributed by atoms with Crippen LogP contribution in [0.1, 0.15) is 31.9 Å². The molecular formula is C15H22N2O3S. The van der Waals surface area contributed by atoms with Gasteiger partial charge in [0.05, 0.1) is 12.6 Å². The second-order valence-corrected chi connectivity index (χ2v) is 6.19. The average Bonchev–Trinajstić information content (AvgIpc) is 2.36. The summed E-state index contributed by atoms with van der Waals surface area (Å²) in [6.07, 6.45) is -0.141. The topological polar surface area (TPSA) is 84.6 Å². The van der Waals surface area contributed by atoms with Crippen molar-refractivity contribution in [2.75, 3.05) is 6.61 Å². The minimum Gasteiger partial charge on any atom is -0.444 e. The maximum absolute atomic E-state index is 11.7. The molecule has 0 aliphatic carbocycles. The third kappa shape index (κ3) is 6.10. The number of benzene rings is 1. The molecule has 116 valence electrons. The Balaban J connectivity index is 2.75. The first-order chi connectivity index (χ1) is 9.73. The molecule has 0 bridgehead atoms. The molecule has 5 nitrogen and oxygen atoms in total. The summed E-state index contributed by atoms with van der Waals surface area (Å²) in [6.45, 7) is 5.14. The Morgan fingerprint density at radius 2 is 2.05 bits per heavy atom. The number of hydrogen-bond donors (Lipinski definition) is 3. The predicted molar refractivity (Wildman–Crippen MR) is 86.3 cm³/mol. The molecule has 21 heavy (non-hydrogen) atoms. The van der Waals surface area contributed by atoms with Gasteiger partial charge in [-0.15, -0.1) is 0 Å². The molecule has 0 heterocycles. The molecular weight excluding hydrogens is 288 g/mol. The summed E-state index contributed by atoms with van der Waals surface area (Å²) in [7, 11) is 0. The standard InChI is InChI=1S/C15H22N2O3S/c1-15(2,3)20-14(19)17-11(9-18)8-10-6-4-5-7-12(10)13(16)21/h4-7,11,18H,8-9H2,1-3H3,(H2,16,21)(H,17,19)/t11-/m0/s1. The highest BCUT2D eigenvalue weighted by molar-refractivity contribution is 7.80. The van der Waals surface area contributed by atoms with Gasteiger partial charge in [-0.25, -0.2) is 4.79 Å². The van der Waals surface area contributed by atoms with Crippen LogP contribution in [-0.2, 0) is 11.2 Å². The van der Waals surface area contributed by atoms with Gasteiger partial charge in [0, 0.05) is 5.56 Å². The van der Waals surface area contributed by atoms with E-state index in [1.807, 2.05) is 24.3 Å². The van der Waals surface area contributed by atoms with E-state index >= 15 is 0 Å². The van der Waals surface area contributed by atoms with Gasteiger partial charge in [-0.3, -0.25) is 0 Å². The second kappa shape index (κ2) is 7.38. The van der Waals surface area contributed by atoms with Crippen LogP contribution >= 0.6 is 12.2 Å². The lowest BCUT2D eigenvalue weighted by atomic mass is 10.0. The van der Waals surface area contributed by atoms with Gasteiger partial charge >= 0.3 is 6.09 Å². The number of ether oxygens (including phenoxy) is 1. The second-order valence-electron chi connectivity index (χ2n) is 5.75. The summed E-state index contributed by atoms with van der Waals surface area (Å²) >= 11 is 5.00. The van der Waals surface area contributed by atoms with E-state index in [9.17, 15) is 9.90 Å². The number of rotatable bonds is 5. The van der Waals surface area contributed by atoms with E-state index in [-0.39, 0.29) is 6.61 Å². The van der Waals surface area contributed by atoms with Crippen molar-refractivity contribution in [1.29, 1.82) is 0 Å². The van der Waals surface area contributed by atoms with Crippen LogP contribution in [-0.4, -0.2) is 34.4 Å². The summed E-state index contributed by atoms with van der Waals surface area (Å²) in [6, 6.07) is 6.93. The third-order valence-corrected chi connectivity index (χ3v) is 2.91. The highest BCUT2D eigenvalue weighted by Crippen LogP contribution is 2.12. The fourth-order valence-corrected chi connectivity index (χ4v) is 2.04. The van der Waals surface area contributed by atoms with E-state index in [1.54, 1.807) is 20.8 Å². The smallest absolute Gasteiger partial charge is 0.407 e. The zero-order valence-corrected chi connectivity index (χ0v) is 13.4. The minimum atomic E-state index is -0.583. The lowest BCUT2D eigenvalue weighted by Crippen LogP contribution is -2.42. The SMILES string of the molecule is CC(C)(C)OC(=O)N[C@H](CO)Cc1ccccc1C(N)=S. The van der Waals surface area contributed by atoms with Crippen LogP contribution in [0.2, 0.25) is 0 Å². The minimum absolute atomic E-state index is 0.203. The fraction of sp³-hybridized carbons (Fsp3) is 0.467. The number of nitrogens with one attached hydrogen (secondary N) is 1. The maximum atomic E-state index is 11.7. The number of amides is 1. The van der Waals surface area contributed by atoms with Crippen molar-refractivity contribution in [2.24, 2.45) is 5.73 Å². The molecule has 4 N–H and O–H groups in total. The van der Waals surface area contributed by atoms with Crippen LogP contribution in [0.15, 0.2) is 24.3 Å². The van der Waals surface area contributed by atoms with Crippen LogP contribution in [0.5, 0.6) is 0 Å². The first-order valence-corrected chi connectivity index (χ1v) is 7.12. The van der Waals surface area contributed by atoms with E-state index < -0.39 is 17.7 Å². The van der Waals surface area contributed by atoms with Gasteiger partial charge in [-0.05, 0) is 32.8 Å². The van der Waals surface area contributed by atoms with Crippen LogP contribution in [0.25, 0.3) is 0 Å². The summed E-state index contributed by atoms with van der Waals surface area (Å²) in [5, 5.41) is 12.1. The Labute approximate surface area is 130 Å². The van der Waals surface area contributed by atoms with Gasteiger partial charge in [-0.2, -0.15) is 0 Å². The number of aliphatic hydroxyl groups is 1. The van der Waals surface area contributed by atoms with E-state index in [2.05, 4.69) is 5.32 Å². The van der Waals surface area contributed by atoms with Crippen molar-refractivity contribution in [3.63, 3.8) is 0 Å². The van der Waals surface area contributed by atoms with Crippen LogP contribution in [0, 0.1) is 0 Å². The number of aliphatic hydroxyl groups excluding tert-OH is 1. The van der Waals surface area contributed by atoms with Crippen molar-refractivity contribution >= 4 is 23.3 Å². The number of carbonyl (C=O) groups is 1. The molecule has 0 unspecified atom stereocenters. The van der Waals surface area contributed by atoms with Crippen LogP contribution in [0.4, 0.5) is 4.79 Å². The Bertz CT molecular complexity index is 512. The molecule has 0 aromatic heterocycles. The highest BCUT2D eigenvalue weighted by atomic mass is 32.1.